The van der Waals surface area contributed by atoms with Crippen LogP contribution in [-0.2, 0) is 20.7 Å². The number of aromatic nitrogens is 3. The van der Waals surface area contributed by atoms with Gasteiger partial charge >= 0.3 is 5.97 Å². The van der Waals surface area contributed by atoms with Gasteiger partial charge in [-0.2, -0.15) is 5.10 Å². The van der Waals surface area contributed by atoms with Crippen molar-refractivity contribution in [2.45, 2.75) is 45.6 Å². The highest BCUT2D eigenvalue weighted by Gasteiger charge is 2.29. The molecule has 1 atom stereocenters. The van der Waals surface area contributed by atoms with Crippen LogP contribution >= 0.6 is 46.3 Å². The lowest BCUT2D eigenvalue weighted by Gasteiger charge is -2.24. The minimum atomic E-state index is -0.635. The largest absolute Gasteiger partial charge is 0.469 e. The summed E-state index contributed by atoms with van der Waals surface area (Å²) in [5.74, 6) is -1.29. The molecule has 0 saturated carbocycles. The van der Waals surface area contributed by atoms with Gasteiger partial charge in [-0.25, -0.2) is 8.78 Å². The summed E-state index contributed by atoms with van der Waals surface area (Å²) in [6.45, 7) is 3.73. The summed E-state index contributed by atoms with van der Waals surface area (Å²) in [5.41, 5.74) is 1.96. The number of hydrogen-bond donors (Lipinski definition) is 0. The number of aldehydes is 1. The zero-order chi connectivity index (χ0) is 33.0. The molecule has 7 nitrogen and oxygen atoms in total. The minimum Gasteiger partial charge on any atom is -0.469 e. The first-order valence-corrected chi connectivity index (χ1v) is 18.6. The number of methoxy groups -OCH3 is 1. The molecule has 0 aliphatic carbocycles. The average Bonchev–Trinajstić information content (AvgIpc) is 3.68. The smallest absolute Gasteiger partial charge is 0.311 e. The Labute approximate surface area is 290 Å². The van der Waals surface area contributed by atoms with Crippen molar-refractivity contribution in [2.75, 3.05) is 7.11 Å². The van der Waals surface area contributed by atoms with Gasteiger partial charge in [-0.3, -0.25) is 13.4 Å². The predicted molar refractivity (Wildman–Crippen MR) is 188 cm³/mol. The molecule has 12 heteroatoms. The lowest BCUT2D eigenvalue weighted by atomic mass is 9.86. The molecule has 2 aromatic heterocycles. The fourth-order valence-electron chi connectivity index (χ4n) is 5.55. The standard InChI is InChI=1S/C34H31BrF2IN3O4S/c1-34(2,33(43)44-3)14-5-8-30(21-6-4-7-22(35)18-21)40-15-12-29(39-40)26-19-23(9-10-27(26)36)45-32-25(13-17-42)24-11-16-41(46-38)31(24)20-28(32)37/h4,6-7,9-12,15-20,30H,5,8,13-14H2,1-3H3. The molecule has 3 aromatic carbocycles. The highest BCUT2D eigenvalue weighted by Crippen LogP contribution is 2.39. The number of rotatable bonds is 13. The van der Waals surface area contributed by atoms with Crippen LogP contribution in [-0.4, -0.2) is 33.1 Å². The van der Waals surface area contributed by atoms with Crippen molar-refractivity contribution in [3.63, 3.8) is 0 Å². The lowest BCUT2D eigenvalue weighted by molar-refractivity contribution is -0.151. The van der Waals surface area contributed by atoms with Gasteiger partial charge in [0.05, 0.1) is 29.8 Å². The molecule has 5 rings (SSSR count). The van der Waals surface area contributed by atoms with Gasteiger partial charge in [0.2, 0.25) is 0 Å². The van der Waals surface area contributed by atoms with Gasteiger partial charge in [-0.15, -0.1) is 0 Å². The number of benzene rings is 3. The molecule has 0 saturated heterocycles. The second kappa shape index (κ2) is 14.7. The van der Waals surface area contributed by atoms with Crippen LogP contribution in [0.1, 0.15) is 50.3 Å². The Bertz CT molecular complexity index is 1890. The summed E-state index contributed by atoms with van der Waals surface area (Å²) in [6, 6.07) is 16.8. The SMILES string of the molecule is COC(=O)C(C)(C)CCCC(c1cccc(Br)c1)n1ccc(-c2cc(Oc3c(F)cc4c(ccn4SI)c3CC=O)ccc2F)n1. The van der Waals surface area contributed by atoms with Gasteiger partial charge < -0.3 is 14.3 Å². The van der Waals surface area contributed by atoms with Crippen molar-refractivity contribution in [1.82, 2.24) is 13.8 Å². The number of esters is 1. The first kappa shape index (κ1) is 34.1. The van der Waals surface area contributed by atoms with E-state index in [1.165, 1.54) is 40.5 Å². The molecule has 0 amide bonds. The van der Waals surface area contributed by atoms with Crippen molar-refractivity contribution in [1.29, 1.82) is 0 Å². The molecule has 0 fully saturated rings. The quantitative estimate of drug-likeness (QED) is 0.0669. The summed E-state index contributed by atoms with van der Waals surface area (Å²) in [7, 11) is 2.77. The maximum Gasteiger partial charge on any atom is 0.311 e. The Balaban J connectivity index is 1.46. The normalized spacial score (nSPS) is 12.3. The molecular formula is C34H31BrF2IN3O4S. The third-order valence-corrected chi connectivity index (χ3v) is 10.2. The fourth-order valence-corrected chi connectivity index (χ4v) is 7.33. The molecule has 0 radical (unpaired) electrons. The predicted octanol–water partition coefficient (Wildman–Crippen LogP) is 9.88. The molecule has 46 heavy (non-hydrogen) atoms. The highest BCUT2D eigenvalue weighted by atomic mass is 127. The van der Waals surface area contributed by atoms with Crippen molar-refractivity contribution >= 4 is 69.4 Å². The molecule has 240 valence electrons. The molecule has 1 unspecified atom stereocenters. The Morgan fingerprint density at radius 3 is 2.63 bits per heavy atom. The van der Waals surface area contributed by atoms with Crippen LogP contribution in [0.4, 0.5) is 8.78 Å². The van der Waals surface area contributed by atoms with Crippen molar-refractivity contribution in [3.8, 4) is 22.8 Å². The van der Waals surface area contributed by atoms with Crippen molar-refractivity contribution < 1.29 is 27.8 Å². The van der Waals surface area contributed by atoms with E-state index in [1.807, 2.05) is 44.2 Å². The van der Waals surface area contributed by atoms with Crippen molar-refractivity contribution in [3.05, 3.63) is 100 Å². The van der Waals surface area contributed by atoms with Gasteiger partial charge in [0.25, 0.3) is 0 Å². The maximum absolute atomic E-state index is 15.4. The third-order valence-electron chi connectivity index (χ3n) is 7.94. The highest BCUT2D eigenvalue weighted by molar-refractivity contribution is 14.2. The first-order valence-electron chi connectivity index (χ1n) is 14.5. The second-order valence-electron chi connectivity index (χ2n) is 11.4. The van der Waals surface area contributed by atoms with E-state index in [0.29, 0.717) is 47.7 Å². The Morgan fingerprint density at radius 2 is 1.91 bits per heavy atom. The van der Waals surface area contributed by atoms with E-state index in [1.54, 1.807) is 27.1 Å². The number of nitrogens with zero attached hydrogens (tertiary/aromatic N) is 3. The molecular weight excluding hydrogens is 791 g/mol. The average molecular weight is 823 g/mol. The van der Waals surface area contributed by atoms with Crippen LogP contribution in [0, 0.1) is 17.0 Å². The zero-order valence-corrected chi connectivity index (χ0v) is 29.9. The topological polar surface area (TPSA) is 75.3 Å². The summed E-state index contributed by atoms with van der Waals surface area (Å²) >= 11 is 5.65. The fraction of sp³-hybridized carbons (Fsp3) is 0.265. The first-order chi connectivity index (χ1) is 22.1. The number of carbonyl (C=O) groups is 2. The number of ether oxygens (including phenoxy) is 2. The summed E-state index contributed by atoms with van der Waals surface area (Å²) in [6.07, 6.45) is 6.25. The van der Waals surface area contributed by atoms with E-state index in [0.717, 1.165) is 10.0 Å². The molecule has 2 heterocycles. The molecule has 0 spiro atoms. The van der Waals surface area contributed by atoms with Gasteiger partial charge in [0.1, 0.15) is 17.9 Å². The number of fused-ring (bicyclic) bond motifs is 1. The Hall–Kier alpha value is -3.23. The van der Waals surface area contributed by atoms with E-state index in [9.17, 15) is 9.59 Å². The maximum atomic E-state index is 15.4. The summed E-state index contributed by atoms with van der Waals surface area (Å²) in [5, 5.41) is 5.46. The molecule has 5 aromatic rings. The number of carbonyl (C=O) groups excluding carboxylic acids is 2. The number of hydrogen-bond acceptors (Lipinski definition) is 6. The zero-order valence-electron chi connectivity index (χ0n) is 25.3. The van der Waals surface area contributed by atoms with E-state index in [2.05, 4.69) is 37.1 Å². The van der Waals surface area contributed by atoms with E-state index in [-0.39, 0.29) is 35.5 Å². The van der Waals surface area contributed by atoms with Crippen LogP contribution in [0.5, 0.6) is 11.5 Å². The second-order valence-corrected chi connectivity index (χ2v) is 14.1. The lowest BCUT2D eigenvalue weighted by Crippen LogP contribution is -2.25. The molecule has 0 aliphatic heterocycles. The summed E-state index contributed by atoms with van der Waals surface area (Å²) in [4.78, 5) is 23.8. The molecule has 0 bridgehead atoms. The van der Waals surface area contributed by atoms with Gasteiger partial charge in [0.15, 0.2) is 11.6 Å². The molecule has 0 aliphatic rings. The third kappa shape index (κ3) is 7.33. The summed E-state index contributed by atoms with van der Waals surface area (Å²) < 4.78 is 46.2. The number of halogens is 4. The van der Waals surface area contributed by atoms with Crippen molar-refractivity contribution in [2.24, 2.45) is 5.41 Å². The molecule has 0 N–H and O–H groups in total. The van der Waals surface area contributed by atoms with Gasteiger partial charge in [-0.1, -0.05) is 28.1 Å². The van der Waals surface area contributed by atoms with Crippen LogP contribution in [0.3, 0.4) is 0 Å². The van der Waals surface area contributed by atoms with E-state index < -0.39 is 17.0 Å². The van der Waals surface area contributed by atoms with Crippen LogP contribution in [0.2, 0.25) is 0 Å². The van der Waals surface area contributed by atoms with Gasteiger partial charge in [0, 0.05) is 76.2 Å². The van der Waals surface area contributed by atoms with Crippen LogP contribution in [0.15, 0.2) is 77.5 Å². The van der Waals surface area contributed by atoms with Crippen LogP contribution in [0.25, 0.3) is 22.2 Å². The minimum absolute atomic E-state index is 0.0498. The van der Waals surface area contributed by atoms with Gasteiger partial charge in [-0.05, 0) is 81.1 Å². The monoisotopic (exact) mass is 821 g/mol. The van der Waals surface area contributed by atoms with Crippen LogP contribution < -0.4 is 4.74 Å². The van der Waals surface area contributed by atoms with E-state index in [4.69, 9.17) is 14.6 Å². The Kier molecular flexibility index (Phi) is 10.9. The Morgan fingerprint density at radius 1 is 1.11 bits per heavy atom. The van der Waals surface area contributed by atoms with E-state index >= 15 is 8.78 Å².